The Labute approximate surface area is 105 Å². The van der Waals surface area contributed by atoms with Gasteiger partial charge >= 0.3 is 0 Å². The van der Waals surface area contributed by atoms with Crippen LogP contribution in [-0.2, 0) is 0 Å². The summed E-state index contributed by atoms with van der Waals surface area (Å²) in [7, 11) is 0. The molecule has 0 saturated carbocycles. The molecule has 1 fully saturated rings. The highest BCUT2D eigenvalue weighted by Crippen LogP contribution is 2.20. The Morgan fingerprint density at radius 1 is 1.12 bits per heavy atom. The van der Waals surface area contributed by atoms with Gasteiger partial charge in [0.25, 0.3) is 0 Å². The first kappa shape index (κ1) is 12.4. The number of ether oxygens (including phenoxy) is 1. The van der Waals surface area contributed by atoms with Crippen LogP contribution in [0.3, 0.4) is 0 Å². The summed E-state index contributed by atoms with van der Waals surface area (Å²) in [4.78, 5) is 1.71. The number of benzene rings is 1. The van der Waals surface area contributed by atoms with Gasteiger partial charge in [0.05, 0.1) is 13.1 Å². The average molecular weight is 234 g/mol. The van der Waals surface area contributed by atoms with Crippen LogP contribution in [0, 0.1) is 13.8 Å². The number of hydrogen-bond acceptors (Lipinski definition) is 1. The Bertz CT molecular complexity index is 356. The van der Waals surface area contributed by atoms with Crippen LogP contribution in [0.15, 0.2) is 18.2 Å². The van der Waals surface area contributed by atoms with Crippen molar-refractivity contribution in [2.24, 2.45) is 0 Å². The maximum atomic E-state index is 5.90. The van der Waals surface area contributed by atoms with Crippen LogP contribution in [0.25, 0.3) is 0 Å². The lowest BCUT2D eigenvalue weighted by Crippen LogP contribution is -3.13. The van der Waals surface area contributed by atoms with E-state index in [4.69, 9.17) is 4.74 Å². The second-order valence-electron chi connectivity index (χ2n) is 5.11. The lowest BCUT2D eigenvalue weighted by atomic mass is 10.1. The SMILES string of the molecule is Cc1cccc(OCC[NH+]2CCCCC2)c1C. The van der Waals surface area contributed by atoms with E-state index in [0.717, 1.165) is 18.9 Å². The fourth-order valence-corrected chi connectivity index (χ4v) is 2.49. The Kier molecular flexibility index (Phi) is 4.43. The van der Waals surface area contributed by atoms with Crippen molar-refractivity contribution in [2.45, 2.75) is 33.1 Å². The number of rotatable bonds is 4. The second-order valence-corrected chi connectivity index (χ2v) is 5.11. The summed E-state index contributed by atoms with van der Waals surface area (Å²) in [5, 5.41) is 0. The number of hydrogen-bond donors (Lipinski definition) is 1. The van der Waals surface area contributed by atoms with E-state index in [1.807, 2.05) is 0 Å². The third-order valence-corrected chi connectivity index (χ3v) is 3.83. The minimum atomic E-state index is 0.847. The smallest absolute Gasteiger partial charge is 0.137 e. The van der Waals surface area contributed by atoms with Crippen LogP contribution >= 0.6 is 0 Å². The normalized spacial score (nSPS) is 17.1. The van der Waals surface area contributed by atoms with E-state index in [-0.39, 0.29) is 0 Å². The molecule has 1 N–H and O–H groups in total. The molecule has 0 aliphatic carbocycles. The highest BCUT2D eigenvalue weighted by molar-refractivity contribution is 5.38. The first-order valence-electron chi connectivity index (χ1n) is 6.80. The third kappa shape index (κ3) is 3.47. The predicted octanol–water partition coefficient (Wildman–Crippen LogP) is 1.75. The van der Waals surface area contributed by atoms with Gasteiger partial charge in [-0.2, -0.15) is 0 Å². The van der Waals surface area contributed by atoms with Crippen LogP contribution in [0.4, 0.5) is 0 Å². The molecule has 2 rings (SSSR count). The summed E-state index contributed by atoms with van der Waals surface area (Å²) >= 11 is 0. The first-order valence-corrected chi connectivity index (χ1v) is 6.80. The minimum Gasteiger partial charge on any atom is -0.487 e. The van der Waals surface area contributed by atoms with Gasteiger partial charge in [0.2, 0.25) is 0 Å². The number of piperidine rings is 1. The fraction of sp³-hybridized carbons (Fsp3) is 0.600. The molecule has 94 valence electrons. The molecule has 0 radical (unpaired) electrons. The Balaban J connectivity index is 1.79. The van der Waals surface area contributed by atoms with Crippen molar-refractivity contribution in [2.75, 3.05) is 26.2 Å². The molecule has 0 aromatic heterocycles. The molecule has 0 unspecified atom stereocenters. The molecule has 1 aromatic carbocycles. The highest BCUT2D eigenvalue weighted by Gasteiger charge is 2.13. The molecule has 0 bridgehead atoms. The predicted molar refractivity (Wildman–Crippen MR) is 70.8 cm³/mol. The van der Waals surface area contributed by atoms with Gasteiger partial charge < -0.3 is 9.64 Å². The topological polar surface area (TPSA) is 13.7 Å². The van der Waals surface area contributed by atoms with Crippen molar-refractivity contribution in [3.8, 4) is 5.75 Å². The van der Waals surface area contributed by atoms with Crippen LogP contribution in [0.5, 0.6) is 5.75 Å². The highest BCUT2D eigenvalue weighted by atomic mass is 16.5. The molecule has 17 heavy (non-hydrogen) atoms. The molecule has 0 spiro atoms. The summed E-state index contributed by atoms with van der Waals surface area (Å²) < 4.78 is 5.90. The molecule has 1 aromatic rings. The molecule has 1 saturated heterocycles. The van der Waals surface area contributed by atoms with Gasteiger partial charge in [-0.3, -0.25) is 0 Å². The quantitative estimate of drug-likeness (QED) is 0.838. The molecule has 2 heteroatoms. The van der Waals surface area contributed by atoms with E-state index in [0.29, 0.717) is 0 Å². The number of likely N-dealkylation sites (tertiary alicyclic amines) is 1. The molecule has 1 aliphatic rings. The largest absolute Gasteiger partial charge is 0.487 e. The van der Waals surface area contributed by atoms with Crippen LogP contribution in [0.1, 0.15) is 30.4 Å². The van der Waals surface area contributed by atoms with Crippen LogP contribution in [-0.4, -0.2) is 26.2 Å². The molecule has 0 atom stereocenters. The number of quaternary nitrogens is 1. The maximum Gasteiger partial charge on any atom is 0.137 e. The fourth-order valence-electron chi connectivity index (χ4n) is 2.49. The molecular formula is C15H24NO+. The lowest BCUT2D eigenvalue weighted by molar-refractivity contribution is -0.904. The van der Waals surface area contributed by atoms with Crippen LogP contribution in [0.2, 0.25) is 0 Å². The van der Waals surface area contributed by atoms with E-state index in [2.05, 4.69) is 32.0 Å². The number of nitrogens with one attached hydrogen (secondary N) is 1. The van der Waals surface area contributed by atoms with Gasteiger partial charge in [-0.1, -0.05) is 12.1 Å². The van der Waals surface area contributed by atoms with Gasteiger partial charge in [0.15, 0.2) is 0 Å². The van der Waals surface area contributed by atoms with Crippen molar-refractivity contribution in [1.29, 1.82) is 0 Å². The van der Waals surface area contributed by atoms with Gasteiger partial charge in [-0.25, -0.2) is 0 Å². The van der Waals surface area contributed by atoms with Crippen LogP contribution < -0.4 is 9.64 Å². The van der Waals surface area contributed by atoms with Crippen molar-refractivity contribution in [3.63, 3.8) is 0 Å². The summed E-state index contributed by atoms with van der Waals surface area (Å²) in [5.74, 6) is 1.06. The Morgan fingerprint density at radius 3 is 2.65 bits per heavy atom. The van der Waals surface area contributed by atoms with E-state index < -0.39 is 0 Å². The third-order valence-electron chi connectivity index (χ3n) is 3.83. The van der Waals surface area contributed by atoms with Gasteiger partial charge in [-0.05, 0) is 50.3 Å². The monoisotopic (exact) mass is 234 g/mol. The number of aryl methyl sites for hydroxylation is 1. The summed E-state index contributed by atoms with van der Waals surface area (Å²) in [6.45, 7) is 8.93. The molecule has 0 amide bonds. The maximum absolute atomic E-state index is 5.90. The van der Waals surface area contributed by atoms with E-state index in [1.54, 1.807) is 4.90 Å². The zero-order valence-electron chi connectivity index (χ0n) is 11.1. The first-order chi connectivity index (χ1) is 8.27. The second kappa shape index (κ2) is 6.06. The zero-order valence-corrected chi connectivity index (χ0v) is 11.1. The minimum absolute atomic E-state index is 0.847. The standard InChI is InChI=1S/C15H23NO/c1-13-7-6-8-15(14(13)2)17-12-11-16-9-4-3-5-10-16/h6-8H,3-5,9-12H2,1-2H3/p+1. The Hall–Kier alpha value is -1.02. The van der Waals surface area contributed by atoms with Gasteiger partial charge in [0, 0.05) is 0 Å². The van der Waals surface area contributed by atoms with E-state index >= 15 is 0 Å². The summed E-state index contributed by atoms with van der Waals surface area (Å²) in [6, 6.07) is 6.29. The van der Waals surface area contributed by atoms with Crippen molar-refractivity contribution in [1.82, 2.24) is 0 Å². The zero-order chi connectivity index (χ0) is 12.1. The lowest BCUT2D eigenvalue weighted by Gasteiger charge is -2.23. The van der Waals surface area contributed by atoms with E-state index in [9.17, 15) is 0 Å². The Morgan fingerprint density at radius 2 is 1.88 bits per heavy atom. The van der Waals surface area contributed by atoms with E-state index in [1.165, 1.54) is 43.5 Å². The van der Waals surface area contributed by atoms with Crippen molar-refractivity contribution < 1.29 is 9.64 Å². The van der Waals surface area contributed by atoms with Gasteiger partial charge in [0.1, 0.15) is 18.9 Å². The molecule has 1 heterocycles. The summed E-state index contributed by atoms with van der Waals surface area (Å²) in [6.07, 6.45) is 4.19. The molecule has 2 nitrogen and oxygen atoms in total. The molecular weight excluding hydrogens is 210 g/mol. The van der Waals surface area contributed by atoms with Gasteiger partial charge in [-0.15, -0.1) is 0 Å². The summed E-state index contributed by atoms with van der Waals surface area (Å²) in [5.41, 5.74) is 2.59. The average Bonchev–Trinajstić information content (AvgIpc) is 2.36. The van der Waals surface area contributed by atoms with Crippen molar-refractivity contribution >= 4 is 0 Å². The van der Waals surface area contributed by atoms with Crippen molar-refractivity contribution in [3.05, 3.63) is 29.3 Å². The molecule has 1 aliphatic heterocycles.